The van der Waals surface area contributed by atoms with Crippen LogP contribution in [0.3, 0.4) is 0 Å². The largest absolute Gasteiger partial charge is 0.276 e. The minimum absolute atomic E-state index is 0.257. The zero-order valence-corrected chi connectivity index (χ0v) is 11.3. The van der Waals surface area contributed by atoms with Gasteiger partial charge in [0.2, 0.25) is 5.71 Å². The van der Waals surface area contributed by atoms with E-state index in [4.69, 9.17) is 22.1 Å². The molecule has 0 radical (unpaired) electrons. The normalized spacial score (nSPS) is 9.40. The second-order valence-corrected chi connectivity index (χ2v) is 4.33. The zero-order chi connectivity index (χ0) is 14.5. The highest BCUT2D eigenvalue weighted by Crippen LogP contribution is 2.24. The molecule has 2 rings (SSSR count). The van der Waals surface area contributed by atoms with Gasteiger partial charge in [-0.25, -0.2) is 4.68 Å². The lowest BCUT2D eigenvalue weighted by Crippen LogP contribution is -1.98. The van der Waals surface area contributed by atoms with Gasteiger partial charge in [0.15, 0.2) is 0 Å². The Kier molecular flexibility index (Phi) is 3.99. The Hall–Kier alpha value is -2.83. The summed E-state index contributed by atoms with van der Waals surface area (Å²) >= 11 is 6.18. The van der Waals surface area contributed by atoms with Gasteiger partial charge in [-0.2, -0.15) is 20.7 Å². The first-order valence-electron chi connectivity index (χ1n) is 5.59. The topological polar surface area (TPSA) is 89.8 Å². The molecule has 7 heteroatoms. The molecule has 0 fully saturated rings. The Bertz CT molecular complexity index is 731. The quantitative estimate of drug-likeness (QED) is 0.693. The standard InChI is InChI=1S/C13H9ClN6/c1-9-7-17-20(8-9)13-3-2-10(4-12(13)14)18-19-11(5-15)6-16/h2-4,7-8,18H,1H3. The van der Waals surface area contributed by atoms with Gasteiger partial charge in [0.25, 0.3) is 0 Å². The minimum Gasteiger partial charge on any atom is -0.276 e. The number of nitrogens with zero attached hydrogens (tertiary/aromatic N) is 5. The Morgan fingerprint density at radius 2 is 2.15 bits per heavy atom. The molecule has 98 valence electrons. The van der Waals surface area contributed by atoms with Crippen molar-refractivity contribution in [2.24, 2.45) is 5.10 Å². The number of rotatable bonds is 3. The number of benzene rings is 1. The van der Waals surface area contributed by atoms with E-state index in [-0.39, 0.29) is 5.71 Å². The number of aryl methyl sites for hydroxylation is 1. The zero-order valence-electron chi connectivity index (χ0n) is 10.5. The fourth-order valence-electron chi connectivity index (χ4n) is 1.50. The molecule has 1 N–H and O–H groups in total. The number of nitriles is 2. The summed E-state index contributed by atoms with van der Waals surface area (Å²) in [7, 11) is 0. The molecule has 20 heavy (non-hydrogen) atoms. The van der Waals surface area contributed by atoms with E-state index in [9.17, 15) is 0 Å². The number of halogens is 1. The van der Waals surface area contributed by atoms with Gasteiger partial charge in [-0.05, 0) is 30.7 Å². The van der Waals surface area contributed by atoms with Crippen LogP contribution >= 0.6 is 11.6 Å². The molecule has 0 atom stereocenters. The molecule has 2 aromatic rings. The van der Waals surface area contributed by atoms with Crippen molar-refractivity contribution < 1.29 is 0 Å². The monoisotopic (exact) mass is 284 g/mol. The van der Waals surface area contributed by atoms with Crippen molar-refractivity contribution in [3.8, 4) is 17.8 Å². The van der Waals surface area contributed by atoms with E-state index in [0.717, 1.165) is 11.3 Å². The molecule has 0 spiro atoms. The molecule has 1 heterocycles. The summed E-state index contributed by atoms with van der Waals surface area (Å²) in [6.45, 7) is 1.94. The molecule has 0 saturated carbocycles. The number of hydrogen-bond donors (Lipinski definition) is 1. The summed E-state index contributed by atoms with van der Waals surface area (Å²) in [5, 5.41) is 25.4. The van der Waals surface area contributed by atoms with Crippen molar-refractivity contribution in [2.45, 2.75) is 6.92 Å². The Morgan fingerprint density at radius 3 is 2.70 bits per heavy atom. The average molecular weight is 285 g/mol. The van der Waals surface area contributed by atoms with Crippen LogP contribution in [0, 0.1) is 29.6 Å². The van der Waals surface area contributed by atoms with E-state index in [0.29, 0.717) is 10.7 Å². The Balaban J connectivity index is 2.25. The second kappa shape index (κ2) is 5.87. The highest BCUT2D eigenvalue weighted by molar-refractivity contribution is 6.32. The van der Waals surface area contributed by atoms with E-state index in [1.165, 1.54) is 0 Å². The molecular weight excluding hydrogens is 276 g/mol. The number of aromatic nitrogens is 2. The van der Waals surface area contributed by atoms with Crippen LogP contribution in [0.15, 0.2) is 35.7 Å². The fourth-order valence-corrected chi connectivity index (χ4v) is 1.77. The first-order valence-corrected chi connectivity index (χ1v) is 5.97. The third-order valence-corrected chi connectivity index (χ3v) is 2.72. The molecule has 0 aliphatic carbocycles. The lowest BCUT2D eigenvalue weighted by atomic mass is 10.3. The smallest absolute Gasteiger partial charge is 0.237 e. The van der Waals surface area contributed by atoms with Crippen molar-refractivity contribution >= 4 is 23.0 Å². The van der Waals surface area contributed by atoms with Crippen LogP contribution in [0.2, 0.25) is 5.02 Å². The molecule has 0 bridgehead atoms. The van der Waals surface area contributed by atoms with Crippen molar-refractivity contribution in [3.05, 3.63) is 41.2 Å². The van der Waals surface area contributed by atoms with Crippen molar-refractivity contribution in [1.82, 2.24) is 9.78 Å². The Labute approximate surface area is 120 Å². The number of hydrazone groups is 1. The van der Waals surface area contributed by atoms with Crippen LogP contribution in [-0.4, -0.2) is 15.5 Å². The summed E-state index contributed by atoms with van der Waals surface area (Å²) in [6.07, 6.45) is 3.59. The van der Waals surface area contributed by atoms with Crippen molar-refractivity contribution in [1.29, 1.82) is 10.5 Å². The van der Waals surface area contributed by atoms with Crippen LogP contribution in [0.5, 0.6) is 0 Å². The molecule has 0 aliphatic heterocycles. The van der Waals surface area contributed by atoms with Crippen molar-refractivity contribution in [2.75, 3.05) is 5.43 Å². The third-order valence-electron chi connectivity index (χ3n) is 2.41. The highest BCUT2D eigenvalue weighted by Gasteiger charge is 2.05. The maximum atomic E-state index is 8.57. The summed E-state index contributed by atoms with van der Waals surface area (Å²) in [6, 6.07) is 8.45. The van der Waals surface area contributed by atoms with Gasteiger partial charge in [-0.1, -0.05) is 11.6 Å². The fraction of sp³-hybridized carbons (Fsp3) is 0.0769. The highest BCUT2D eigenvalue weighted by atomic mass is 35.5. The third kappa shape index (κ3) is 2.94. The van der Waals surface area contributed by atoms with E-state index in [2.05, 4.69) is 15.6 Å². The van der Waals surface area contributed by atoms with Crippen molar-refractivity contribution in [3.63, 3.8) is 0 Å². The van der Waals surface area contributed by atoms with Gasteiger partial charge in [0, 0.05) is 6.20 Å². The SMILES string of the molecule is Cc1cnn(-c2ccc(NN=C(C#N)C#N)cc2Cl)c1. The molecule has 6 nitrogen and oxygen atoms in total. The van der Waals surface area contributed by atoms with Crippen LogP contribution < -0.4 is 5.43 Å². The molecule has 0 aliphatic rings. The second-order valence-electron chi connectivity index (χ2n) is 3.92. The molecule has 0 amide bonds. The predicted octanol–water partition coefficient (Wildman–Crippen LogP) is 2.65. The Morgan fingerprint density at radius 1 is 1.40 bits per heavy atom. The molecule has 1 aromatic heterocycles. The van der Waals surface area contributed by atoms with Crippen LogP contribution in [0.4, 0.5) is 5.69 Å². The average Bonchev–Trinajstić information content (AvgIpc) is 2.86. The summed E-state index contributed by atoms with van der Waals surface area (Å²) in [5.41, 5.74) is 4.68. The van der Waals surface area contributed by atoms with Crippen LogP contribution in [0.25, 0.3) is 5.69 Å². The van der Waals surface area contributed by atoms with Gasteiger partial charge in [-0.3, -0.25) is 5.43 Å². The van der Waals surface area contributed by atoms with Gasteiger partial charge >= 0.3 is 0 Å². The molecular formula is C13H9ClN6. The van der Waals surface area contributed by atoms with Gasteiger partial charge in [0.1, 0.15) is 12.1 Å². The maximum Gasteiger partial charge on any atom is 0.237 e. The summed E-state index contributed by atoms with van der Waals surface area (Å²) < 4.78 is 1.67. The van der Waals surface area contributed by atoms with E-state index < -0.39 is 0 Å². The lowest BCUT2D eigenvalue weighted by Gasteiger charge is -2.06. The van der Waals surface area contributed by atoms with E-state index in [1.807, 2.05) is 13.1 Å². The number of anilines is 1. The van der Waals surface area contributed by atoms with E-state index in [1.54, 1.807) is 41.2 Å². The first kappa shape index (κ1) is 13.6. The van der Waals surface area contributed by atoms with Gasteiger partial charge in [0.05, 0.1) is 22.6 Å². The summed E-state index contributed by atoms with van der Waals surface area (Å²) in [4.78, 5) is 0. The van der Waals surface area contributed by atoms with Crippen LogP contribution in [0.1, 0.15) is 5.56 Å². The maximum absolute atomic E-state index is 8.57. The summed E-state index contributed by atoms with van der Waals surface area (Å²) in [5.74, 6) is 0. The first-order chi connectivity index (χ1) is 9.63. The predicted molar refractivity (Wildman–Crippen MR) is 75.6 cm³/mol. The molecule has 0 unspecified atom stereocenters. The lowest BCUT2D eigenvalue weighted by molar-refractivity contribution is 0.880. The number of hydrogen-bond acceptors (Lipinski definition) is 5. The van der Waals surface area contributed by atoms with E-state index >= 15 is 0 Å². The minimum atomic E-state index is -0.257. The van der Waals surface area contributed by atoms with Crippen LogP contribution in [-0.2, 0) is 0 Å². The molecule has 1 aromatic carbocycles. The molecule has 0 saturated heterocycles. The van der Waals surface area contributed by atoms with Gasteiger partial charge < -0.3 is 0 Å². The van der Waals surface area contributed by atoms with Gasteiger partial charge in [-0.15, -0.1) is 0 Å². The number of nitrogens with one attached hydrogen (secondary N) is 1.